The van der Waals surface area contributed by atoms with E-state index in [-0.39, 0.29) is 79.6 Å². The molecule has 0 aromatic heterocycles. The van der Waals surface area contributed by atoms with E-state index in [2.05, 4.69) is 21.3 Å². The molecule has 20 heteroatoms. The lowest BCUT2D eigenvalue weighted by atomic mass is 9.89. The van der Waals surface area contributed by atoms with Gasteiger partial charge in [0.2, 0.25) is 35.4 Å². The molecule has 1 unspecified atom stereocenters. The first-order chi connectivity index (χ1) is 34.6. The summed E-state index contributed by atoms with van der Waals surface area (Å²) in [5.41, 5.74) is 0.391. The van der Waals surface area contributed by atoms with Gasteiger partial charge in [-0.1, -0.05) is 59.6 Å². The Labute approximate surface area is 431 Å². The molecule has 2 saturated heterocycles. The Balaban J connectivity index is 1.33. The zero-order valence-electron chi connectivity index (χ0n) is 45.0. The molecule has 9 atom stereocenters. The molecule has 406 valence electrons. The van der Waals surface area contributed by atoms with Gasteiger partial charge in [0.25, 0.3) is 11.8 Å². The molecule has 3 aliphatic heterocycles. The van der Waals surface area contributed by atoms with Gasteiger partial charge in [0.05, 0.1) is 55.8 Å². The van der Waals surface area contributed by atoms with E-state index in [4.69, 9.17) is 14.2 Å². The highest BCUT2D eigenvalue weighted by molar-refractivity contribution is 6.12. The van der Waals surface area contributed by atoms with Crippen molar-refractivity contribution in [3.8, 4) is 0 Å². The molecule has 0 spiro atoms. The number of likely N-dealkylation sites (N-methyl/N-ethyl adjacent to an activating group) is 2. The number of benzene rings is 1. The van der Waals surface area contributed by atoms with Crippen molar-refractivity contribution in [1.29, 1.82) is 0 Å². The van der Waals surface area contributed by atoms with Crippen molar-refractivity contribution < 1.29 is 57.4 Å². The van der Waals surface area contributed by atoms with Crippen LogP contribution in [0.2, 0.25) is 0 Å². The number of likely N-dealkylation sites (tertiary alicyclic amines) is 2. The molecule has 1 aromatic rings. The van der Waals surface area contributed by atoms with Gasteiger partial charge in [0.15, 0.2) is 0 Å². The standard InChI is InChI=1S/C53H82N8O12/c1-12-34(4)47(59(8)50(68)46(33(2)3)57-52(70)53(6)26-17-27-58(53)7)40(71-9)31-45(66)60-29-16-18-39(60)48(72-10)35(5)49(67)56-38(51(69)73-11)30-36-20-22-37(23-21-36)55-42(63)32-54-41(62)19-14-13-15-28-61-43(64)24-25-44(61)65/h20-25,33-35,38-40,46-48H,12-19,26-32H2,1-11H3,(H,54,62)(H,55,63)(H,56,67)(H,57,70)/t34-,35+,38-,39-,40+,46-,47-,48+,53?/m0/s1. The third-order valence-electron chi connectivity index (χ3n) is 15.1. The summed E-state index contributed by atoms with van der Waals surface area (Å²) in [7, 11) is 7.88. The zero-order chi connectivity index (χ0) is 54.2. The lowest BCUT2D eigenvalue weighted by Gasteiger charge is -2.41. The summed E-state index contributed by atoms with van der Waals surface area (Å²) in [6.45, 7) is 12.7. The van der Waals surface area contributed by atoms with Crippen LogP contribution in [0.1, 0.15) is 111 Å². The maximum Gasteiger partial charge on any atom is 0.328 e. The lowest BCUT2D eigenvalue weighted by molar-refractivity contribution is -0.149. The molecule has 2 fully saturated rings. The van der Waals surface area contributed by atoms with Crippen molar-refractivity contribution in [2.75, 3.05) is 66.9 Å². The highest BCUT2D eigenvalue weighted by atomic mass is 16.5. The fourth-order valence-electron chi connectivity index (χ4n) is 10.2. The van der Waals surface area contributed by atoms with Gasteiger partial charge in [-0.25, -0.2) is 4.79 Å². The van der Waals surface area contributed by atoms with Crippen LogP contribution in [0.3, 0.4) is 0 Å². The average Bonchev–Trinajstić information content (AvgIpc) is 4.09. The van der Waals surface area contributed by atoms with Crippen LogP contribution in [0.4, 0.5) is 5.69 Å². The number of carbonyl (C=O) groups is 9. The van der Waals surface area contributed by atoms with E-state index in [0.717, 1.165) is 17.9 Å². The molecule has 3 heterocycles. The number of ether oxygens (including phenoxy) is 3. The van der Waals surface area contributed by atoms with E-state index in [0.29, 0.717) is 62.7 Å². The molecule has 3 aliphatic rings. The van der Waals surface area contributed by atoms with Gasteiger partial charge in [-0.15, -0.1) is 0 Å². The predicted octanol–water partition coefficient (Wildman–Crippen LogP) is 2.97. The van der Waals surface area contributed by atoms with Gasteiger partial charge >= 0.3 is 5.97 Å². The van der Waals surface area contributed by atoms with Crippen LogP contribution >= 0.6 is 0 Å². The van der Waals surface area contributed by atoms with E-state index in [1.54, 1.807) is 48.0 Å². The molecular formula is C53H82N8O12. The van der Waals surface area contributed by atoms with Crippen molar-refractivity contribution in [3.05, 3.63) is 42.0 Å². The normalized spacial score (nSPS) is 20.7. The molecule has 20 nitrogen and oxygen atoms in total. The molecular weight excluding hydrogens is 941 g/mol. The Bertz CT molecular complexity index is 2120. The third kappa shape index (κ3) is 15.9. The second-order valence-corrected chi connectivity index (χ2v) is 20.4. The van der Waals surface area contributed by atoms with Crippen molar-refractivity contribution in [1.82, 2.24) is 35.6 Å². The number of nitrogens with zero attached hydrogens (tertiary/aromatic N) is 4. The van der Waals surface area contributed by atoms with Crippen LogP contribution in [0, 0.1) is 17.8 Å². The second-order valence-electron chi connectivity index (χ2n) is 20.4. The highest BCUT2D eigenvalue weighted by Crippen LogP contribution is 2.31. The number of unbranched alkanes of at least 4 members (excludes halogenated alkanes) is 2. The van der Waals surface area contributed by atoms with Crippen LogP contribution in [-0.2, 0) is 63.8 Å². The molecule has 4 rings (SSSR count). The summed E-state index contributed by atoms with van der Waals surface area (Å²) >= 11 is 0. The third-order valence-corrected chi connectivity index (χ3v) is 15.1. The van der Waals surface area contributed by atoms with Gasteiger partial charge in [-0.2, -0.15) is 0 Å². The van der Waals surface area contributed by atoms with Crippen molar-refractivity contribution >= 4 is 58.9 Å². The summed E-state index contributed by atoms with van der Waals surface area (Å²) in [6.07, 6.45) is 6.48. The van der Waals surface area contributed by atoms with Crippen LogP contribution in [0.25, 0.3) is 0 Å². The SMILES string of the molecule is CC[C@H](C)[C@@H]([C@@H](CC(=O)N1CCC[C@H]1[C@H](OC)[C@@H](C)C(=O)N[C@@H](Cc1ccc(NC(=O)CNC(=O)CCCCCN2C(=O)C=CC2=O)cc1)C(=O)OC)OC)N(C)C(=O)[C@@H](NC(=O)C1(C)CCCN1C)C(C)C. The Morgan fingerprint density at radius 2 is 1.53 bits per heavy atom. The topological polar surface area (TPSA) is 242 Å². The summed E-state index contributed by atoms with van der Waals surface area (Å²) in [6, 6.07) is 3.82. The summed E-state index contributed by atoms with van der Waals surface area (Å²) < 4.78 is 17.1. The van der Waals surface area contributed by atoms with Crippen LogP contribution < -0.4 is 21.3 Å². The smallest absolute Gasteiger partial charge is 0.328 e. The first-order valence-corrected chi connectivity index (χ1v) is 25.8. The first kappa shape index (κ1) is 59.8. The van der Waals surface area contributed by atoms with Gasteiger partial charge in [-0.05, 0) is 88.6 Å². The summed E-state index contributed by atoms with van der Waals surface area (Å²) in [5, 5.41) is 11.2. The number of carbonyl (C=O) groups excluding carboxylic acids is 9. The van der Waals surface area contributed by atoms with Gasteiger partial charge in [0.1, 0.15) is 12.1 Å². The number of hydrogen-bond donors (Lipinski definition) is 4. The fourth-order valence-corrected chi connectivity index (χ4v) is 10.2. The molecule has 4 N–H and O–H groups in total. The predicted molar refractivity (Wildman–Crippen MR) is 273 cm³/mol. The average molecular weight is 1020 g/mol. The fraction of sp³-hybridized carbons (Fsp3) is 0.679. The van der Waals surface area contributed by atoms with E-state index >= 15 is 0 Å². The molecule has 0 radical (unpaired) electrons. The summed E-state index contributed by atoms with van der Waals surface area (Å²) in [4.78, 5) is 124. The number of esters is 1. The number of rotatable bonds is 28. The van der Waals surface area contributed by atoms with Crippen LogP contribution in [-0.4, -0.2) is 176 Å². The molecule has 8 amide bonds. The molecule has 0 saturated carbocycles. The quantitative estimate of drug-likeness (QED) is 0.0537. The maximum absolute atomic E-state index is 14.4. The Kier molecular flexibility index (Phi) is 23.0. The van der Waals surface area contributed by atoms with E-state index in [9.17, 15) is 43.2 Å². The number of methoxy groups -OCH3 is 3. The lowest BCUT2D eigenvalue weighted by Crippen LogP contribution is -2.61. The van der Waals surface area contributed by atoms with Crippen LogP contribution in [0.15, 0.2) is 36.4 Å². The van der Waals surface area contributed by atoms with Crippen LogP contribution in [0.5, 0.6) is 0 Å². The summed E-state index contributed by atoms with van der Waals surface area (Å²) in [5.74, 6) is -4.33. The maximum atomic E-state index is 14.4. The van der Waals surface area contributed by atoms with Gasteiger partial charge in [-0.3, -0.25) is 48.2 Å². The minimum atomic E-state index is -1.08. The Morgan fingerprint density at radius 1 is 0.863 bits per heavy atom. The van der Waals surface area contributed by atoms with Crippen molar-refractivity contribution in [2.24, 2.45) is 17.8 Å². The first-order valence-electron chi connectivity index (χ1n) is 25.8. The van der Waals surface area contributed by atoms with E-state index in [1.165, 1.54) is 33.5 Å². The second kappa shape index (κ2) is 28.1. The number of imide groups is 1. The minimum Gasteiger partial charge on any atom is -0.467 e. The molecule has 1 aromatic carbocycles. The Morgan fingerprint density at radius 3 is 2.11 bits per heavy atom. The van der Waals surface area contributed by atoms with Gasteiger partial charge in [0, 0.05) is 65.0 Å². The van der Waals surface area contributed by atoms with Crippen molar-refractivity contribution in [2.45, 2.75) is 154 Å². The highest BCUT2D eigenvalue weighted by Gasteiger charge is 2.46. The monoisotopic (exact) mass is 1020 g/mol. The zero-order valence-corrected chi connectivity index (χ0v) is 45.0. The number of nitrogens with one attached hydrogen (secondary N) is 4. The molecule has 0 aliphatic carbocycles. The largest absolute Gasteiger partial charge is 0.467 e. The Hall–Kier alpha value is -5.73. The number of hydrogen-bond acceptors (Lipinski definition) is 13. The van der Waals surface area contributed by atoms with E-state index < -0.39 is 65.6 Å². The number of anilines is 1. The van der Waals surface area contributed by atoms with E-state index in [1.807, 2.05) is 46.6 Å². The molecule has 0 bridgehead atoms. The molecule has 73 heavy (non-hydrogen) atoms. The van der Waals surface area contributed by atoms with Crippen molar-refractivity contribution in [3.63, 3.8) is 0 Å². The minimum absolute atomic E-state index is 0.0439. The van der Waals surface area contributed by atoms with Gasteiger partial charge < -0.3 is 45.3 Å². The number of amides is 8.